The van der Waals surface area contributed by atoms with Crippen LogP contribution in [0.3, 0.4) is 0 Å². The molecule has 0 aromatic heterocycles. The van der Waals surface area contributed by atoms with E-state index in [9.17, 15) is 5.11 Å². The predicted octanol–water partition coefficient (Wildman–Crippen LogP) is 3.81. The van der Waals surface area contributed by atoms with Gasteiger partial charge >= 0.3 is 0 Å². The van der Waals surface area contributed by atoms with Crippen molar-refractivity contribution in [2.75, 3.05) is 12.3 Å². The highest BCUT2D eigenvalue weighted by Gasteiger charge is 2.24. The van der Waals surface area contributed by atoms with Crippen LogP contribution in [0.1, 0.15) is 24.0 Å². The summed E-state index contributed by atoms with van der Waals surface area (Å²) >= 11 is 0. The SMILES string of the molecule is Cl.Nc1cccc(CN(Cc2cccc(O)c2)CC2CC2)c1. The Hall–Kier alpha value is -1.71. The number of nitrogen functional groups attached to an aromatic ring is 1. The second kappa shape index (κ2) is 7.52. The Morgan fingerprint density at radius 1 is 1.00 bits per heavy atom. The number of rotatable bonds is 6. The predicted molar refractivity (Wildman–Crippen MR) is 93.0 cm³/mol. The maximum atomic E-state index is 9.61. The molecule has 22 heavy (non-hydrogen) atoms. The van der Waals surface area contributed by atoms with E-state index in [2.05, 4.69) is 17.0 Å². The molecule has 1 saturated carbocycles. The third kappa shape index (κ3) is 4.93. The molecular formula is C18H23ClN2O. The number of aromatic hydroxyl groups is 1. The van der Waals surface area contributed by atoms with Gasteiger partial charge in [0.1, 0.15) is 5.75 Å². The number of phenolic OH excluding ortho intramolecular Hbond substituents is 1. The molecule has 1 aliphatic rings. The van der Waals surface area contributed by atoms with Gasteiger partial charge in [-0.3, -0.25) is 4.90 Å². The van der Waals surface area contributed by atoms with Crippen LogP contribution in [-0.2, 0) is 13.1 Å². The highest BCUT2D eigenvalue weighted by Crippen LogP contribution is 2.31. The summed E-state index contributed by atoms with van der Waals surface area (Å²) in [4.78, 5) is 2.45. The van der Waals surface area contributed by atoms with E-state index in [0.29, 0.717) is 5.75 Å². The van der Waals surface area contributed by atoms with E-state index >= 15 is 0 Å². The third-order valence-corrected chi connectivity index (χ3v) is 3.89. The summed E-state index contributed by atoms with van der Waals surface area (Å²) in [5, 5.41) is 9.61. The van der Waals surface area contributed by atoms with E-state index < -0.39 is 0 Å². The Kier molecular flexibility index (Phi) is 5.69. The molecule has 0 bridgehead atoms. The first kappa shape index (κ1) is 16.7. The highest BCUT2D eigenvalue weighted by atomic mass is 35.5. The summed E-state index contributed by atoms with van der Waals surface area (Å²) in [5.74, 6) is 1.17. The average Bonchev–Trinajstić information content (AvgIpc) is 3.22. The summed E-state index contributed by atoms with van der Waals surface area (Å²) in [5.41, 5.74) is 9.08. The molecule has 3 rings (SSSR count). The molecule has 0 unspecified atom stereocenters. The standard InChI is InChI=1S/C18H22N2O.ClH/c19-17-5-1-3-15(9-17)12-20(11-14-7-8-14)13-16-4-2-6-18(21)10-16;/h1-6,9-10,14,21H,7-8,11-13,19H2;1H. The van der Waals surface area contributed by atoms with Gasteiger partial charge in [-0.05, 0) is 54.2 Å². The topological polar surface area (TPSA) is 49.5 Å². The van der Waals surface area contributed by atoms with Gasteiger partial charge in [-0.25, -0.2) is 0 Å². The molecule has 0 aliphatic heterocycles. The molecule has 1 aliphatic carbocycles. The van der Waals surface area contributed by atoms with Gasteiger partial charge in [0.25, 0.3) is 0 Å². The van der Waals surface area contributed by atoms with E-state index in [1.54, 1.807) is 6.07 Å². The lowest BCUT2D eigenvalue weighted by atomic mass is 10.1. The zero-order valence-electron chi connectivity index (χ0n) is 12.6. The van der Waals surface area contributed by atoms with E-state index in [1.807, 2.05) is 30.3 Å². The van der Waals surface area contributed by atoms with Crippen LogP contribution in [0.5, 0.6) is 5.75 Å². The number of benzene rings is 2. The van der Waals surface area contributed by atoms with Gasteiger partial charge in [-0.2, -0.15) is 0 Å². The molecule has 3 N–H and O–H groups in total. The van der Waals surface area contributed by atoms with Gasteiger partial charge in [0, 0.05) is 25.3 Å². The average molecular weight is 319 g/mol. The van der Waals surface area contributed by atoms with Crippen LogP contribution in [0.2, 0.25) is 0 Å². The van der Waals surface area contributed by atoms with Crippen LogP contribution < -0.4 is 5.73 Å². The molecule has 0 saturated heterocycles. The molecule has 0 heterocycles. The van der Waals surface area contributed by atoms with Crippen LogP contribution >= 0.6 is 12.4 Å². The Labute approximate surface area is 138 Å². The fourth-order valence-electron chi connectivity index (χ4n) is 2.71. The van der Waals surface area contributed by atoms with Gasteiger partial charge < -0.3 is 10.8 Å². The number of halogens is 1. The molecule has 2 aromatic carbocycles. The van der Waals surface area contributed by atoms with Gasteiger partial charge in [0.15, 0.2) is 0 Å². The van der Waals surface area contributed by atoms with Crippen LogP contribution in [0.25, 0.3) is 0 Å². The lowest BCUT2D eigenvalue weighted by Crippen LogP contribution is -2.25. The molecular weight excluding hydrogens is 296 g/mol. The van der Waals surface area contributed by atoms with Gasteiger partial charge in [0.05, 0.1) is 0 Å². The number of phenols is 1. The summed E-state index contributed by atoms with van der Waals surface area (Å²) < 4.78 is 0. The number of hydrogen-bond donors (Lipinski definition) is 2. The second-order valence-electron chi connectivity index (χ2n) is 6.03. The Morgan fingerprint density at radius 2 is 1.64 bits per heavy atom. The number of nitrogens with two attached hydrogens (primary N) is 1. The van der Waals surface area contributed by atoms with Crippen molar-refractivity contribution in [3.05, 3.63) is 59.7 Å². The summed E-state index contributed by atoms with van der Waals surface area (Å²) in [6.45, 7) is 2.88. The van der Waals surface area contributed by atoms with Crippen LogP contribution in [0.15, 0.2) is 48.5 Å². The van der Waals surface area contributed by atoms with Crippen LogP contribution in [0.4, 0.5) is 5.69 Å². The van der Waals surface area contributed by atoms with Crippen LogP contribution in [0, 0.1) is 5.92 Å². The molecule has 0 radical (unpaired) electrons. The van der Waals surface area contributed by atoms with E-state index in [1.165, 1.54) is 18.4 Å². The molecule has 1 fully saturated rings. The Balaban J connectivity index is 0.00000176. The lowest BCUT2D eigenvalue weighted by molar-refractivity contribution is 0.245. The van der Waals surface area contributed by atoms with Gasteiger partial charge in [-0.15, -0.1) is 12.4 Å². The Morgan fingerprint density at radius 3 is 2.23 bits per heavy atom. The molecule has 3 nitrogen and oxygen atoms in total. The van der Waals surface area contributed by atoms with Gasteiger partial charge in [-0.1, -0.05) is 24.3 Å². The minimum Gasteiger partial charge on any atom is -0.508 e. The third-order valence-electron chi connectivity index (χ3n) is 3.89. The monoisotopic (exact) mass is 318 g/mol. The fraction of sp³-hybridized carbons (Fsp3) is 0.333. The zero-order valence-corrected chi connectivity index (χ0v) is 13.4. The molecule has 0 spiro atoms. The van der Waals surface area contributed by atoms with E-state index in [4.69, 9.17) is 5.73 Å². The van der Waals surface area contributed by atoms with Crippen molar-refractivity contribution in [1.29, 1.82) is 0 Å². The van der Waals surface area contributed by atoms with E-state index in [0.717, 1.165) is 36.8 Å². The van der Waals surface area contributed by atoms with Crippen molar-refractivity contribution in [2.24, 2.45) is 5.92 Å². The highest BCUT2D eigenvalue weighted by molar-refractivity contribution is 5.85. The molecule has 0 amide bonds. The maximum absolute atomic E-state index is 9.61. The molecule has 118 valence electrons. The number of hydrogen-bond acceptors (Lipinski definition) is 3. The first-order valence-electron chi connectivity index (χ1n) is 7.54. The quantitative estimate of drug-likeness (QED) is 0.796. The molecule has 0 atom stereocenters. The minimum absolute atomic E-state index is 0. The van der Waals surface area contributed by atoms with Crippen molar-refractivity contribution in [1.82, 2.24) is 4.90 Å². The second-order valence-corrected chi connectivity index (χ2v) is 6.03. The maximum Gasteiger partial charge on any atom is 0.115 e. The first-order valence-corrected chi connectivity index (χ1v) is 7.54. The van der Waals surface area contributed by atoms with E-state index in [-0.39, 0.29) is 12.4 Å². The van der Waals surface area contributed by atoms with Crippen LogP contribution in [-0.4, -0.2) is 16.6 Å². The number of anilines is 1. The first-order chi connectivity index (χ1) is 10.2. The summed E-state index contributed by atoms with van der Waals surface area (Å²) in [7, 11) is 0. The minimum atomic E-state index is 0. The van der Waals surface area contributed by atoms with Crippen molar-refractivity contribution < 1.29 is 5.11 Å². The zero-order chi connectivity index (χ0) is 14.7. The molecule has 2 aromatic rings. The lowest BCUT2D eigenvalue weighted by Gasteiger charge is -2.22. The normalized spacial score (nSPS) is 13.9. The summed E-state index contributed by atoms with van der Waals surface area (Å²) in [6, 6.07) is 15.6. The van der Waals surface area contributed by atoms with Crippen molar-refractivity contribution >= 4 is 18.1 Å². The van der Waals surface area contributed by atoms with Crippen molar-refractivity contribution in [3.63, 3.8) is 0 Å². The smallest absolute Gasteiger partial charge is 0.115 e. The van der Waals surface area contributed by atoms with Crippen molar-refractivity contribution in [2.45, 2.75) is 25.9 Å². The summed E-state index contributed by atoms with van der Waals surface area (Å²) in [6.07, 6.45) is 2.68. The fourth-order valence-corrected chi connectivity index (χ4v) is 2.71. The largest absolute Gasteiger partial charge is 0.508 e. The van der Waals surface area contributed by atoms with Gasteiger partial charge in [0.2, 0.25) is 0 Å². The number of nitrogens with zero attached hydrogens (tertiary/aromatic N) is 1. The van der Waals surface area contributed by atoms with Crippen molar-refractivity contribution in [3.8, 4) is 5.75 Å². The molecule has 4 heteroatoms. The Bertz CT molecular complexity index is 566.